The highest BCUT2D eigenvalue weighted by atomic mass is 79.9. The lowest BCUT2D eigenvalue weighted by atomic mass is 10.3. The number of halogens is 1. The van der Waals surface area contributed by atoms with Gasteiger partial charge in [0.1, 0.15) is 0 Å². The van der Waals surface area contributed by atoms with Gasteiger partial charge in [-0.3, -0.25) is 4.79 Å². The molecule has 0 aromatic carbocycles. The summed E-state index contributed by atoms with van der Waals surface area (Å²) in [7, 11) is 0. The quantitative estimate of drug-likeness (QED) is 0.678. The van der Waals surface area contributed by atoms with Gasteiger partial charge in [-0.2, -0.15) is 10.5 Å². The standard InChI is InChI=1S/C8H10BrN3O/c9-7-8(13)12(5-1-3-10)6-2-4-11/h1-2,5-7H2. The summed E-state index contributed by atoms with van der Waals surface area (Å²) in [4.78, 5) is 12.7. The van der Waals surface area contributed by atoms with E-state index in [0.717, 1.165) is 0 Å². The van der Waals surface area contributed by atoms with Crippen LogP contribution in [0.5, 0.6) is 0 Å². The Balaban J connectivity index is 3.97. The van der Waals surface area contributed by atoms with Crippen LogP contribution in [0, 0.1) is 22.7 Å². The molecule has 0 saturated heterocycles. The lowest BCUT2D eigenvalue weighted by molar-refractivity contribution is -0.128. The second kappa shape index (κ2) is 7.57. The summed E-state index contributed by atoms with van der Waals surface area (Å²) >= 11 is 3.04. The Morgan fingerprint density at radius 1 is 1.23 bits per heavy atom. The van der Waals surface area contributed by atoms with Crippen molar-refractivity contribution in [2.24, 2.45) is 0 Å². The fourth-order valence-electron chi connectivity index (χ4n) is 0.816. The molecule has 0 heterocycles. The number of carbonyl (C=O) groups is 1. The molecule has 1 amide bonds. The van der Waals surface area contributed by atoms with Crippen LogP contribution in [0.2, 0.25) is 0 Å². The van der Waals surface area contributed by atoms with E-state index in [0.29, 0.717) is 25.9 Å². The molecule has 4 nitrogen and oxygen atoms in total. The van der Waals surface area contributed by atoms with E-state index in [1.807, 2.05) is 12.1 Å². The lowest BCUT2D eigenvalue weighted by Crippen LogP contribution is -2.33. The molecule has 0 aromatic rings. The van der Waals surface area contributed by atoms with Crippen molar-refractivity contribution in [3.05, 3.63) is 0 Å². The lowest BCUT2D eigenvalue weighted by Gasteiger charge is -2.18. The van der Waals surface area contributed by atoms with Crippen LogP contribution in [-0.4, -0.2) is 29.2 Å². The molecule has 0 aromatic heterocycles. The predicted molar refractivity (Wildman–Crippen MR) is 50.8 cm³/mol. The van der Waals surface area contributed by atoms with Crippen LogP contribution in [0.15, 0.2) is 0 Å². The molecule has 0 aliphatic rings. The fourth-order valence-corrected chi connectivity index (χ4v) is 1.17. The van der Waals surface area contributed by atoms with Crippen molar-refractivity contribution >= 4 is 21.8 Å². The predicted octanol–water partition coefficient (Wildman–Crippen LogP) is 1.04. The molecule has 0 spiro atoms. The Morgan fingerprint density at radius 2 is 1.69 bits per heavy atom. The number of hydrogen-bond acceptors (Lipinski definition) is 3. The molecule has 0 radical (unpaired) electrons. The van der Waals surface area contributed by atoms with Crippen LogP contribution in [0.1, 0.15) is 12.8 Å². The van der Waals surface area contributed by atoms with Gasteiger partial charge >= 0.3 is 0 Å². The summed E-state index contributed by atoms with van der Waals surface area (Å²) in [6, 6.07) is 3.92. The topological polar surface area (TPSA) is 67.9 Å². The fraction of sp³-hybridized carbons (Fsp3) is 0.625. The molecule has 0 N–H and O–H groups in total. The zero-order valence-electron chi connectivity index (χ0n) is 7.16. The molecule has 5 heteroatoms. The van der Waals surface area contributed by atoms with Gasteiger partial charge in [-0.1, -0.05) is 15.9 Å². The Morgan fingerprint density at radius 3 is 2.00 bits per heavy atom. The minimum atomic E-state index is -0.0782. The van der Waals surface area contributed by atoms with E-state index in [9.17, 15) is 4.79 Å². The third-order valence-corrected chi connectivity index (χ3v) is 1.93. The molecule has 13 heavy (non-hydrogen) atoms. The maximum Gasteiger partial charge on any atom is 0.233 e. The number of amides is 1. The summed E-state index contributed by atoms with van der Waals surface area (Å²) in [5.41, 5.74) is 0. The van der Waals surface area contributed by atoms with Crippen LogP contribution in [0.3, 0.4) is 0 Å². The van der Waals surface area contributed by atoms with Gasteiger partial charge in [0.15, 0.2) is 0 Å². The van der Waals surface area contributed by atoms with Crippen LogP contribution in [0.25, 0.3) is 0 Å². The normalized spacial score (nSPS) is 8.54. The first kappa shape index (κ1) is 11.9. The van der Waals surface area contributed by atoms with Crippen molar-refractivity contribution in [2.75, 3.05) is 18.4 Å². The molecule has 0 unspecified atom stereocenters. The first-order valence-electron chi connectivity index (χ1n) is 3.84. The van der Waals surface area contributed by atoms with E-state index < -0.39 is 0 Å². The maximum atomic E-state index is 11.2. The number of nitrogens with zero attached hydrogens (tertiary/aromatic N) is 3. The largest absolute Gasteiger partial charge is 0.340 e. The average Bonchev–Trinajstić information content (AvgIpc) is 2.17. The molecule has 0 fully saturated rings. The zero-order chi connectivity index (χ0) is 10.1. The van der Waals surface area contributed by atoms with E-state index in [1.54, 1.807) is 0 Å². The third kappa shape index (κ3) is 5.21. The number of alkyl halides is 1. The molecular weight excluding hydrogens is 234 g/mol. The van der Waals surface area contributed by atoms with Gasteiger partial charge in [-0.15, -0.1) is 0 Å². The van der Waals surface area contributed by atoms with Crippen LogP contribution < -0.4 is 0 Å². The number of rotatable bonds is 5. The molecule has 0 saturated carbocycles. The molecule has 0 bridgehead atoms. The van der Waals surface area contributed by atoms with Crippen molar-refractivity contribution in [3.63, 3.8) is 0 Å². The van der Waals surface area contributed by atoms with E-state index in [4.69, 9.17) is 10.5 Å². The second-order valence-corrected chi connectivity index (χ2v) is 2.89. The van der Waals surface area contributed by atoms with Crippen molar-refractivity contribution in [3.8, 4) is 12.1 Å². The summed E-state index contributed by atoms with van der Waals surface area (Å²) in [6.07, 6.45) is 0.619. The van der Waals surface area contributed by atoms with Gasteiger partial charge in [0, 0.05) is 13.1 Å². The average molecular weight is 244 g/mol. The SMILES string of the molecule is N#CCCN(CCC#N)C(=O)CBr. The molecule has 0 aliphatic carbocycles. The maximum absolute atomic E-state index is 11.2. The van der Waals surface area contributed by atoms with Gasteiger partial charge in [0.05, 0.1) is 30.3 Å². The summed E-state index contributed by atoms with van der Waals surface area (Å²) in [5.74, 6) is -0.0782. The molecular formula is C8H10BrN3O. The Hall–Kier alpha value is -1.07. The van der Waals surface area contributed by atoms with E-state index in [1.165, 1.54) is 4.90 Å². The molecule has 0 aliphatic heterocycles. The number of hydrogen-bond donors (Lipinski definition) is 0. The summed E-state index contributed by atoms with van der Waals surface area (Å²) in [5, 5.41) is 16.9. The minimum absolute atomic E-state index is 0.0782. The van der Waals surface area contributed by atoms with Crippen molar-refractivity contribution in [1.29, 1.82) is 10.5 Å². The van der Waals surface area contributed by atoms with Gasteiger partial charge < -0.3 is 4.90 Å². The van der Waals surface area contributed by atoms with Gasteiger partial charge in [-0.25, -0.2) is 0 Å². The Bertz CT molecular complexity index is 223. The first-order valence-corrected chi connectivity index (χ1v) is 4.96. The van der Waals surface area contributed by atoms with Gasteiger partial charge in [0.2, 0.25) is 5.91 Å². The van der Waals surface area contributed by atoms with Crippen LogP contribution in [-0.2, 0) is 4.79 Å². The highest BCUT2D eigenvalue weighted by Gasteiger charge is 2.10. The van der Waals surface area contributed by atoms with Crippen LogP contribution in [0.4, 0.5) is 0 Å². The summed E-state index contributed by atoms with van der Waals surface area (Å²) in [6.45, 7) is 0.811. The number of carbonyl (C=O) groups excluding carboxylic acids is 1. The van der Waals surface area contributed by atoms with Crippen LogP contribution >= 0.6 is 15.9 Å². The third-order valence-electron chi connectivity index (χ3n) is 1.45. The van der Waals surface area contributed by atoms with Crippen molar-refractivity contribution in [2.45, 2.75) is 12.8 Å². The zero-order valence-corrected chi connectivity index (χ0v) is 8.75. The van der Waals surface area contributed by atoms with Gasteiger partial charge in [0.25, 0.3) is 0 Å². The highest BCUT2D eigenvalue weighted by Crippen LogP contribution is 1.97. The first-order chi connectivity index (χ1) is 6.26. The molecule has 0 rings (SSSR count). The van der Waals surface area contributed by atoms with E-state index in [2.05, 4.69) is 15.9 Å². The van der Waals surface area contributed by atoms with Gasteiger partial charge in [-0.05, 0) is 0 Å². The Labute approximate surface area is 85.9 Å². The minimum Gasteiger partial charge on any atom is -0.340 e. The highest BCUT2D eigenvalue weighted by molar-refractivity contribution is 9.09. The smallest absolute Gasteiger partial charge is 0.233 e. The van der Waals surface area contributed by atoms with E-state index in [-0.39, 0.29) is 11.2 Å². The molecule has 0 atom stereocenters. The molecule has 70 valence electrons. The summed E-state index contributed by atoms with van der Waals surface area (Å²) < 4.78 is 0. The number of nitriles is 2. The van der Waals surface area contributed by atoms with Crippen molar-refractivity contribution < 1.29 is 4.79 Å². The Kier molecular flexibility index (Phi) is 6.95. The van der Waals surface area contributed by atoms with Crippen molar-refractivity contribution in [1.82, 2.24) is 4.90 Å². The van der Waals surface area contributed by atoms with E-state index >= 15 is 0 Å². The monoisotopic (exact) mass is 243 g/mol. The second-order valence-electron chi connectivity index (χ2n) is 2.33.